The van der Waals surface area contributed by atoms with E-state index in [1.807, 2.05) is 0 Å². The lowest BCUT2D eigenvalue weighted by atomic mass is 10.0. The zero-order valence-electron chi connectivity index (χ0n) is 44.5. The maximum Gasteiger partial charge on any atom is 0.407 e. The molecule has 398 valence electrons. The van der Waals surface area contributed by atoms with Gasteiger partial charge in [-0.3, -0.25) is 9.59 Å². The number of ether oxygens (including phenoxy) is 6. The second-order valence-corrected chi connectivity index (χ2v) is 19.5. The molecule has 0 bridgehead atoms. The number of amides is 2. The molecule has 2 amide bonds. The molecule has 13 nitrogen and oxygen atoms in total. The maximum absolute atomic E-state index is 12.8. The second kappa shape index (κ2) is 51.2. The van der Waals surface area contributed by atoms with E-state index >= 15 is 0 Å². The predicted octanol–water partition coefficient (Wildman–Crippen LogP) is 13.5. The van der Waals surface area contributed by atoms with Crippen LogP contribution in [-0.4, -0.2) is 100 Å². The Balaban J connectivity index is 0. The molecule has 0 aliphatic heterocycles. The van der Waals surface area contributed by atoms with Gasteiger partial charge in [-0.1, -0.05) is 202 Å². The molecule has 0 aromatic carbocycles. The number of unbranched alkanes of at least 4 members (excludes halogenated alkanes) is 26. The largest absolute Gasteiger partial charge is 0.462 e. The molecule has 0 fully saturated rings. The van der Waals surface area contributed by atoms with Gasteiger partial charge in [-0.2, -0.15) is 0 Å². The summed E-state index contributed by atoms with van der Waals surface area (Å²) in [6, 6.07) is 0. The summed E-state index contributed by atoms with van der Waals surface area (Å²) in [5, 5.41) is 14.2. The number of carbonyl (C=O) groups excluding carboxylic acids is 4. The number of nitrogens with one attached hydrogen (secondary N) is 2. The standard InChI is InChI=1S/C50H96N2O11.C4H10/c1-5-7-9-11-13-15-17-19-21-23-25-27-29-31-33-46(54)60-43-45(62-47(55)34-32-30-28-26-24-22-20-18-16-14-12-10-8-6-2)44-61-48(56)51-36-39-58-41-42-59-40-37-52-49(57)63-50(3,4)35-38-53;1-4(2)3/h45,53H,5-44H2,1-4H3,(H,51,56)(H,52,57);4H,1-3H3. The smallest absolute Gasteiger partial charge is 0.407 e. The van der Waals surface area contributed by atoms with Gasteiger partial charge < -0.3 is 44.2 Å². The molecule has 67 heavy (non-hydrogen) atoms. The van der Waals surface area contributed by atoms with Crippen LogP contribution >= 0.6 is 0 Å². The van der Waals surface area contributed by atoms with E-state index in [-0.39, 0.29) is 71.1 Å². The summed E-state index contributed by atoms with van der Waals surface area (Å²) in [7, 11) is 0. The third kappa shape index (κ3) is 55.8. The van der Waals surface area contributed by atoms with E-state index in [0.29, 0.717) is 19.4 Å². The number of hydrogen-bond donors (Lipinski definition) is 3. The van der Waals surface area contributed by atoms with E-state index in [1.54, 1.807) is 13.8 Å². The molecular formula is C54H106N2O11. The third-order valence-electron chi connectivity index (χ3n) is 11.1. The van der Waals surface area contributed by atoms with Crippen LogP contribution < -0.4 is 10.6 Å². The fourth-order valence-electron chi connectivity index (χ4n) is 7.15. The van der Waals surface area contributed by atoms with Crippen LogP contribution in [0.2, 0.25) is 0 Å². The number of aliphatic hydroxyl groups is 1. The number of carbonyl (C=O) groups is 4. The number of esters is 2. The van der Waals surface area contributed by atoms with Crippen LogP contribution in [0.4, 0.5) is 9.59 Å². The first-order valence-electron chi connectivity index (χ1n) is 27.4. The average molecular weight is 959 g/mol. The minimum Gasteiger partial charge on any atom is -0.462 e. The normalized spacial score (nSPS) is 11.7. The van der Waals surface area contributed by atoms with E-state index in [4.69, 9.17) is 33.5 Å². The van der Waals surface area contributed by atoms with E-state index in [0.717, 1.165) is 44.4 Å². The maximum atomic E-state index is 12.8. The Morgan fingerprint density at radius 3 is 1.21 bits per heavy atom. The van der Waals surface area contributed by atoms with Crippen LogP contribution in [0.15, 0.2) is 0 Å². The molecule has 0 spiro atoms. The van der Waals surface area contributed by atoms with Crippen molar-refractivity contribution in [2.75, 3.05) is 59.3 Å². The number of aliphatic hydroxyl groups excluding tert-OH is 1. The zero-order valence-corrected chi connectivity index (χ0v) is 44.5. The summed E-state index contributed by atoms with van der Waals surface area (Å²) in [5.41, 5.74) is -0.756. The van der Waals surface area contributed by atoms with Gasteiger partial charge in [-0.15, -0.1) is 0 Å². The fourth-order valence-corrected chi connectivity index (χ4v) is 7.15. The molecule has 1 atom stereocenters. The van der Waals surface area contributed by atoms with Gasteiger partial charge in [-0.05, 0) is 32.6 Å². The van der Waals surface area contributed by atoms with Crippen LogP contribution in [0.1, 0.15) is 248 Å². The van der Waals surface area contributed by atoms with Crippen molar-refractivity contribution >= 4 is 24.1 Å². The van der Waals surface area contributed by atoms with Crippen molar-refractivity contribution in [2.45, 2.75) is 259 Å². The summed E-state index contributed by atoms with van der Waals surface area (Å²) in [4.78, 5) is 49.6. The molecule has 0 saturated heterocycles. The van der Waals surface area contributed by atoms with Gasteiger partial charge in [0.1, 0.15) is 18.8 Å². The first kappa shape index (κ1) is 66.4. The molecule has 0 aliphatic rings. The van der Waals surface area contributed by atoms with Crippen molar-refractivity contribution in [3.05, 3.63) is 0 Å². The molecular weight excluding hydrogens is 853 g/mol. The molecule has 13 heteroatoms. The van der Waals surface area contributed by atoms with Crippen LogP contribution in [0.3, 0.4) is 0 Å². The van der Waals surface area contributed by atoms with Crippen LogP contribution in [0.5, 0.6) is 0 Å². The predicted molar refractivity (Wildman–Crippen MR) is 272 cm³/mol. The van der Waals surface area contributed by atoms with Crippen molar-refractivity contribution < 1.29 is 52.7 Å². The Labute approximate surface area is 410 Å². The van der Waals surface area contributed by atoms with Crippen LogP contribution in [0.25, 0.3) is 0 Å². The van der Waals surface area contributed by atoms with Crippen molar-refractivity contribution in [1.29, 1.82) is 0 Å². The summed E-state index contributed by atoms with van der Waals surface area (Å²) in [6.45, 7) is 15.5. The zero-order chi connectivity index (χ0) is 49.9. The van der Waals surface area contributed by atoms with Gasteiger partial charge in [0.2, 0.25) is 0 Å². The Bertz CT molecular complexity index is 1100. The van der Waals surface area contributed by atoms with Crippen molar-refractivity contribution in [2.24, 2.45) is 5.92 Å². The van der Waals surface area contributed by atoms with E-state index < -0.39 is 23.9 Å². The highest BCUT2D eigenvalue weighted by Gasteiger charge is 2.22. The SMILES string of the molecule is CC(C)C.CCCCCCCCCCCCCCCCC(=O)OCC(COC(=O)NCCOCCOCCNC(=O)OC(C)(C)CCO)OC(=O)CCCCCCCCCCCCCCCC. The monoisotopic (exact) mass is 959 g/mol. The van der Waals surface area contributed by atoms with Crippen LogP contribution in [-0.2, 0) is 38.0 Å². The molecule has 0 saturated carbocycles. The summed E-state index contributed by atoms with van der Waals surface area (Å²) in [6.07, 6.45) is 33.3. The second-order valence-electron chi connectivity index (χ2n) is 19.5. The Morgan fingerprint density at radius 1 is 0.478 bits per heavy atom. The first-order chi connectivity index (χ1) is 32.4. The van der Waals surface area contributed by atoms with Crippen molar-refractivity contribution in [3.8, 4) is 0 Å². The lowest BCUT2D eigenvalue weighted by Gasteiger charge is -2.24. The molecule has 0 aliphatic carbocycles. The summed E-state index contributed by atoms with van der Waals surface area (Å²) in [5.74, 6) is 0.101. The highest BCUT2D eigenvalue weighted by atomic mass is 16.6. The third-order valence-corrected chi connectivity index (χ3v) is 11.1. The van der Waals surface area contributed by atoms with Crippen molar-refractivity contribution in [3.63, 3.8) is 0 Å². The highest BCUT2D eigenvalue weighted by molar-refractivity contribution is 5.70. The van der Waals surface area contributed by atoms with Gasteiger partial charge >= 0.3 is 24.1 Å². The van der Waals surface area contributed by atoms with Gasteiger partial charge in [0.05, 0.1) is 26.4 Å². The quantitative estimate of drug-likeness (QED) is 0.0302. The minimum absolute atomic E-state index is 0.0738. The fraction of sp³-hybridized carbons (Fsp3) is 0.926. The Morgan fingerprint density at radius 2 is 0.821 bits per heavy atom. The number of rotatable bonds is 47. The van der Waals surface area contributed by atoms with Crippen molar-refractivity contribution in [1.82, 2.24) is 10.6 Å². The van der Waals surface area contributed by atoms with Crippen LogP contribution in [0, 0.1) is 5.92 Å². The lowest BCUT2D eigenvalue weighted by molar-refractivity contribution is -0.161. The Kier molecular flexibility index (Phi) is 50.8. The molecule has 3 N–H and O–H groups in total. The summed E-state index contributed by atoms with van der Waals surface area (Å²) >= 11 is 0. The molecule has 0 aromatic heterocycles. The lowest BCUT2D eigenvalue weighted by Crippen LogP contribution is -2.36. The topological polar surface area (TPSA) is 168 Å². The van der Waals surface area contributed by atoms with E-state index in [9.17, 15) is 19.2 Å². The average Bonchev–Trinajstić information content (AvgIpc) is 3.27. The highest BCUT2D eigenvalue weighted by Crippen LogP contribution is 2.16. The molecule has 0 radical (unpaired) electrons. The number of alkyl carbamates (subject to hydrolysis) is 2. The van der Waals surface area contributed by atoms with E-state index in [2.05, 4.69) is 45.3 Å². The number of hydrogen-bond acceptors (Lipinski definition) is 11. The van der Waals surface area contributed by atoms with E-state index in [1.165, 1.54) is 141 Å². The van der Waals surface area contributed by atoms with Gasteiger partial charge in [-0.25, -0.2) is 9.59 Å². The van der Waals surface area contributed by atoms with Gasteiger partial charge in [0.15, 0.2) is 6.10 Å². The first-order valence-corrected chi connectivity index (χ1v) is 27.4. The Hall–Kier alpha value is -2.64. The van der Waals surface area contributed by atoms with Gasteiger partial charge in [0, 0.05) is 39.0 Å². The summed E-state index contributed by atoms with van der Waals surface area (Å²) < 4.78 is 32.6. The molecule has 0 aromatic rings. The molecule has 0 rings (SSSR count). The minimum atomic E-state index is -0.896. The van der Waals surface area contributed by atoms with Gasteiger partial charge in [0.25, 0.3) is 0 Å². The molecule has 0 heterocycles. The molecule has 1 unspecified atom stereocenters.